The van der Waals surface area contributed by atoms with Gasteiger partial charge in [0.25, 0.3) is 0 Å². The molecule has 0 radical (unpaired) electrons. The normalized spacial score (nSPS) is 21.8. The third kappa shape index (κ3) is 2.43. The van der Waals surface area contributed by atoms with Gasteiger partial charge in [-0.2, -0.15) is 0 Å². The number of fused-ring (bicyclic) bond motifs is 3. The summed E-state index contributed by atoms with van der Waals surface area (Å²) in [5.74, 6) is 3.58. The second-order valence-electron chi connectivity index (χ2n) is 7.00. The van der Waals surface area contributed by atoms with E-state index in [1.807, 2.05) is 6.07 Å². The first-order valence-corrected chi connectivity index (χ1v) is 9.35. The van der Waals surface area contributed by atoms with Crippen LogP contribution in [-0.2, 0) is 17.8 Å². The average molecular weight is 385 g/mol. The zero-order chi connectivity index (χ0) is 19.3. The smallest absolute Gasteiger partial charge is 0.231 e. The molecule has 0 bridgehead atoms. The van der Waals surface area contributed by atoms with Gasteiger partial charge in [-0.3, -0.25) is 0 Å². The van der Waals surface area contributed by atoms with Crippen molar-refractivity contribution >= 4 is 0 Å². The standard InChI is InChI=1S/C21H23NO6/c1-23-14-5-4-12-13(18(14)24-2)9-26-19(12)17-16-11(6-7-22-17)8-15-20(21(16)25-3)28-10-27-15/h4-5,8,17,19,22H,6-7,9-10H2,1-3H3. The highest BCUT2D eigenvalue weighted by Gasteiger charge is 2.40. The van der Waals surface area contributed by atoms with Gasteiger partial charge in [-0.15, -0.1) is 0 Å². The van der Waals surface area contributed by atoms with Crippen molar-refractivity contribution < 1.29 is 28.4 Å². The molecule has 3 aliphatic heterocycles. The van der Waals surface area contributed by atoms with Crippen molar-refractivity contribution in [3.63, 3.8) is 0 Å². The fraction of sp³-hybridized carbons (Fsp3) is 0.429. The van der Waals surface area contributed by atoms with Crippen molar-refractivity contribution in [2.24, 2.45) is 0 Å². The van der Waals surface area contributed by atoms with E-state index >= 15 is 0 Å². The van der Waals surface area contributed by atoms with Crippen molar-refractivity contribution in [1.29, 1.82) is 0 Å². The zero-order valence-corrected chi connectivity index (χ0v) is 16.2. The first-order chi connectivity index (χ1) is 13.8. The van der Waals surface area contributed by atoms with E-state index in [4.69, 9.17) is 28.4 Å². The molecule has 0 aliphatic carbocycles. The van der Waals surface area contributed by atoms with E-state index in [9.17, 15) is 0 Å². The molecule has 1 N–H and O–H groups in total. The van der Waals surface area contributed by atoms with E-state index in [1.165, 1.54) is 5.56 Å². The second-order valence-corrected chi connectivity index (χ2v) is 7.00. The van der Waals surface area contributed by atoms with E-state index < -0.39 is 0 Å². The predicted molar refractivity (Wildman–Crippen MR) is 101 cm³/mol. The van der Waals surface area contributed by atoms with Crippen molar-refractivity contribution in [2.45, 2.75) is 25.2 Å². The topological polar surface area (TPSA) is 67.4 Å². The molecule has 0 fully saturated rings. The van der Waals surface area contributed by atoms with Gasteiger partial charge < -0.3 is 33.7 Å². The SMILES string of the molecule is COc1ccc2c(c1OC)COC2C1NCCc2cc3c(c(OC)c21)OCO3. The molecule has 2 unspecified atom stereocenters. The summed E-state index contributed by atoms with van der Waals surface area (Å²) in [5, 5.41) is 3.62. The summed E-state index contributed by atoms with van der Waals surface area (Å²) < 4.78 is 34.3. The van der Waals surface area contributed by atoms with Crippen LogP contribution in [0, 0.1) is 0 Å². The summed E-state index contributed by atoms with van der Waals surface area (Å²) in [6.45, 7) is 1.54. The number of ether oxygens (including phenoxy) is 6. The summed E-state index contributed by atoms with van der Waals surface area (Å²) >= 11 is 0. The van der Waals surface area contributed by atoms with Crippen LogP contribution >= 0.6 is 0 Å². The predicted octanol–water partition coefficient (Wildman–Crippen LogP) is 2.90. The Morgan fingerprint density at radius 3 is 2.68 bits per heavy atom. The van der Waals surface area contributed by atoms with Crippen LogP contribution in [0.3, 0.4) is 0 Å². The van der Waals surface area contributed by atoms with Crippen LogP contribution in [-0.4, -0.2) is 34.7 Å². The summed E-state index contributed by atoms with van der Waals surface area (Å²) in [7, 11) is 4.97. The third-order valence-corrected chi connectivity index (χ3v) is 5.72. The Balaban J connectivity index is 1.62. The van der Waals surface area contributed by atoms with Crippen LogP contribution in [0.4, 0.5) is 0 Å². The van der Waals surface area contributed by atoms with Gasteiger partial charge in [0.2, 0.25) is 12.5 Å². The van der Waals surface area contributed by atoms with Crippen LogP contribution in [0.5, 0.6) is 28.7 Å². The molecule has 2 aromatic rings. The van der Waals surface area contributed by atoms with Crippen molar-refractivity contribution in [3.05, 3.63) is 40.5 Å². The minimum Gasteiger partial charge on any atom is -0.493 e. The molecule has 3 heterocycles. The van der Waals surface area contributed by atoms with Gasteiger partial charge in [0.05, 0.1) is 34.0 Å². The summed E-state index contributed by atoms with van der Waals surface area (Å²) in [5.41, 5.74) is 4.40. The molecule has 0 aromatic heterocycles. The zero-order valence-electron chi connectivity index (χ0n) is 16.2. The van der Waals surface area contributed by atoms with Crippen molar-refractivity contribution in [2.75, 3.05) is 34.7 Å². The van der Waals surface area contributed by atoms with Crippen LogP contribution < -0.4 is 29.0 Å². The molecule has 0 saturated heterocycles. The summed E-state index contributed by atoms with van der Waals surface area (Å²) in [6, 6.07) is 6.00. The maximum absolute atomic E-state index is 6.25. The first-order valence-electron chi connectivity index (χ1n) is 9.35. The maximum atomic E-state index is 6.25. The Morgan fingerprint density at radius 2 is 1.89 bits per heavy atom. The minimum atomic E-state index is -0.164. The van der Waals surface area contributed by atoms with E-state index in [0.29, 0.717) is 18.1 Å². The van der Waals surface area contributed by atoms with Gasteiger partial charge in [0, 0.05) is 11.1 Å². The van der Waals surface area contributed by atoms with E-state index in [0.717, 1.165) is 46.9 Å². The number of nitrogens with one attached hydrogen (secondary N) is 1. The number of rotatable bonds is 4. The van der Waals surface area contributed by atoms with Gasteiger partial charge in [0.1, 0.15) is 6.10 Å². The molecule has 7 heteroatoms. The van der Waals surface area contributed by atoms with Gasteiger partial charge in [-0.05, 0) is 36.2 Å². The molecule has 28 heavy (non-hydrogen) atoms. The molecule has 3 aliphatic rings. The monoisotopic (exact) mass is 385 g/mol. The first kappa shape index (κ1) is 17.5. The van der Waals surface area contributed by atoms with E-state index in [2.05, 4.69) is 17.4 Å². The number of hydrogen-bond acceptors (Lipinski definition) is 7. The molecule has 2 aromatic carbocycles. The molecule has 148 valence electrons. The number of hydrogen-bond donors (Lipinski definition) is 1. The number of methoxy groups -OCH3 is 3. The van der Waals surface area contributed by atoms with Crippen LogP contribution in [0.1, 0.15) is 34.4 Å². The molecular weight excluding hydrogens is 362 g/mol. The Hall–Kier alpha value is -2.64. The van der Waals surface area contributed by atoms with Crippen LogP contribution in [0.25, 0.3) is 0 Å². The summed E-state index contributed by atoms with van der Waals surface area (Å²) in [6.07, 6.45) is 0.729. The minimum absolute atomic E-state index is 0.0625. The molecule has 0 amide bonds. The van der Waals surface area contributed by atoms with Crippen molar-refractivity contribution in [3.8, 4) is 28.7 Å². The van der Waals surface area contributed by atoms with E-state index in [1.54, 1.807) is 21.3 Å². The molecule has 2 atom stereocenters. The Labute approximate surface area is 163 Å². The van der Waals surface area contributed by atoms with Crippen LogP contribution in [0.2, 0.25) is 0 Å². The van der Waals surface area contributed by atoms with Crippen LogP contribution in [0.15, 0.2) is 18.2 Å². The Kier molecular flexibility index (Phi) is 4.21. The third-order valence-electron chi connectivity index (χ3n) is 5.72. The quantitative estimate of drug-likeness (QED) is 0.868. The average Bonchev–Trinajstić information content (AvgIpc) is 3.37. The Morgan fingerprint density at radius 1 is 1.04 bits per heavy atom. The highest BCUT2D eigenvalue weighted by atomic mass is 16.7. The van der Waals surface area contributed by atoms with Gasteiger partial charge in [-0.25, -0.2) is 0 Å². The number of benzene rings is 2. The molecule has 7 nitrogen and oxygen atoms in total. The lowest BCUT2D eigenvalue weighted by Crippen LogP contribution is -2.34. The fourth-order valence-corrected chi connectivity index (χ4v) is 4.51. The lowest BCUT2D eigenvalue weighted by Gasteiger charge is -2.33. The fourth-order valence-electron chi connectivity index (χ4n) is 4.51. The molecule has 0 spiro atoms. The van der Waals surface area contributed by atoms with Gasteiger partial charge in [0.15, 0.2) is 23.0 Å². The lowest BCUT2D eigenvalue weighted by atomic mass is 9.86. The van der Waals surface area contributed by atoms with Gasteiger partial charge in [-0.1, -0.05) is 6.07 Å². The van der Waals surface area contributed by atoms with Crippen molar-refractivity contribution in [1.82, 2.24) is 5.32 Å². The highest BCUT2D eigenvalue weighted by molar-refractivity contribution is 5.63. The largest absolute Gasteiger partial charge is 0.493 e. The maximum Gasteiger partial charge on any atom is 0.231 e. The Bertz CT molecular complexity index is 928. The molecule has 0 saturated carbocycles. The lowest BCUT2D eigenvalue weighted by molar-refractivity contribution is 0.0344. The van der Waals surface area contributed by atoms with E-state index in [-0.39, 0.29) is 18.9 Å². The summed E-state index contributed by atoms with van der Waals surface area (Å²) in [4.78, 5) is 0. The molecule has 5 rings (SSSR count). The second kappa shape index (κ2) is 6.76. The van der Waals surface area contributed by atoms with Gasteiger partial charge >= 0.3 is 0 Å². The molecular formula is C21H23NO6. The highest BCUT2D eigenvalue weighted by Crippen LogP contribution is 2.53.